The molecule has 0 N–H and O–H groups in total. The average Bonchev–Trinajstić information content (AvgIpc) is 2.54. The first kappa shape index (κ1) is 16.0. The number of ether oxygens (including phenoxy) is 2. The third-order valence-electron chi connectivity index (χ3n) is 4.42. The Hall–Kier alpha value is -1.91. The van der Waals surface area contributed by atoms with Crippen LogP contribution in [0.2, 0.25) is 0 Å². The fraction of sp³-hybridized carbons (Fsp3) is 0.368. The van der Waals surface area contributed by atoms with Crippen LogP contribution >= 0.6 is 0 Å². The molecule has 0 bridgehead atoms. The second kappa shape index (κ2) is 7.11. The lowest BCUT2D eigenvalue weighted by molar-refractivity contribution is 0.0817. The van der Waals surface area contributed by atoms with Crippen LogP contribution in [0.3, 0.4) is 0 Å². The Bertz CT molecular complexity index is 657. The maximum absolute atomic E-state index is 13.1. The fourth-order valence-electron chi connectivity index (χ4n) is 3.13. The number of hydrogen-bond acceptors (Lipinski definition) is 3. The molecule has 2 aromatic rings. The van der Waals surface area contributed by atoms with Crippen LogP contribution < -0.4 is 4.74 Å². The topological polar surface area (TPSA) is 21.7 Å². The summed E-state index contributed by atoms with van der Waals surface area (Å²) in [5, 5.41) is 0. The quantitative estimate of drug-likeness (QED) is 0.806. The molecule has 1 heterocycles. The molecule has 0 unspecified atom stereocenters. The van der Waals surface area contributed by atoms with E-state index in [2.05, 4.69) is 17.0 Å². The molecular formula is C19H22FNO2. The molecule has 0 saturated carbocycles. The van der Waals surface area contributed by atoms with Crippen LogP contribution in [0, 0.1) is 5.82 Å². The number of halogens is 1. The Morgan fingerprint density at radius 3 is 2.52 bits per heavy atom. The lowest BCUT2D eigenvalue weighted by Gasteiger charge is -2.41. The van der Waals surface area contributed by atoms with Crippen LogP contribution in [0.4, 0.5) is 4.39 Å². The SMILES string of the molecule is COCc1cc(CN2CC[C@@H]2c2ccc(F)cc2)ccc1OC. The van der Waals surface area contributed by atoms with Gasteiger partial charge in [-0.1, -0.05) is 18.2 Å². The Labute approximate surface area is 136 Å². The van der Waals surface area contributed by atoms with E-state index in [0.29, 0.717) is 12.6 Å². The summed E-state index contributed by atoms with van der Waals surface area (Å²) in [7, 11) is 3.36. The minimum Gasteiger partial charge on any atom is -0.496 e. The van der Waals surface area contributed by atoms with Crippen molar-refractivity contribution in [2.45, 2.75) is 25.6 Å². The molecule has 3 nitrogen and oxygen atoms in total. The second-order valence-electron chi connectivity index (χ2n) is 5.91. The number of hydrogen-bond donors (Lipinski definition) is 0. The zero-order valence-electron chi connectivity index (χ0n) is 13.6. The van der Waals surface area contributed by atoms with Gasteiger partial charge in [0.25, 0.3) is 0 Å². The van der Waals surface area contributed by atoms with E-state index in [1.54, 1.807) is 14.2 Å². The van der Waals surface area contributed by atoms with Gasteiger partial charge in [-0.25, -0.2) is 4.39 Å². The van der Waals surface area contributed by atoms with E-state index in [-0.39, 0.29) is 5.82 Å². The summed E-state index contributed by atoms with van der Waals surface area (Å²) in [5.41, 5.74) is 3.49. The van der Waals surface area contributed by atoms with E-state index < -0.39 is 0 Å². The Kier molecular flexibility index (Phi) is 4.94. The third kappa shape index (κ3) is 3.54. The lowest BCUT2D eigenvalue weighted by atomic mass is 9.94. The molecule has 0 amide bonds. The summed E-state index contributed by atoms with van der Waals surface area (Å²) in [6, 6.07) is 13.5. The van der Waals surface area contributed by atoms with Crippen molar-refractivity contribution >= 4 is 0 Å². The van der Waals surface area contributed by atoms with Crippen LogP contribution in [-0.4, -0.2) is 25.7 Å². The lowest BCUT2D eigenvalue weighted by Crippen LogP contribution is -2.40. The van der Waals surface area contributed by atoms with E-state index >= 15 is 0 Å². The third-order valence-corrected chi connectivity index (χ3v) is 4.42. The van der Waals surface area contributed by atoms with Gasteiger partial charge in [0.15, 0.2) is 0 Å². The van der Waals surface area contributed by atoms with Gasteiger partial charge in [-0.3, -0.25) is 4.90 Å². The minimum absolute atomic E-state index is 0.181. The molecular weight excluding hydrogens is 293 g/mol. The van der Waals surface area contributed by atoms with Crippen molar-refractivity contribution < 1.29 is 13.9 Å². The highest BCUT2D eigenvalue weighted by atomic mass is 19.1. The molecule has 1 fully saturated rings. The zero-order chi connectivity index (χ0) is 16.2. The monoisotopic (exact) mass is 315 g/mol. The normalized spacial score (nSPS) is 17.8. The van der Waals surface area contributed by atoms with E-state index in [1.165, 1.54) is 23.3 Å². The summed E-state index contributed by atoms with van der Waals surface area (Å²) < 4.78 is 23.7. The molecule has 2 aromatic carbocycles. The van der Waals surface area contributed by atoms with Crippen LogP contribution in [0.15, 0.2) is 42.5 Å². The van der Waals surface area contributed by atoms with Gasteiger partial charge in [0, 0.05) is 31.8 Å². The van der Waals surface area contributed by atoms with Crippen LogP contribution in [-0.2, 0) is 17.9 Å². The highest BCUT2D eigenvalue weighted by Crippen LogP contribution is 2.35. The number of benzene rings is 2. The Morgan fingerprint density at radius 1 is 1.13 bits per heavy atom. The number of nitrogens with zero attached hydrogens (tertiary/aromatic N) is 1. The standard InChI is InChI=1S/C19H22FNO2/c1-22-13-16-11-14(3-8-19(16)23-2)12-21-10-9-18(21)15-4-6-17(20)7-5-15/h3-8,11,18H,9-10,12-13H2,1-2H3/t18-/m1/s1. The summed E-state index contributed by atoms with van der Waals surface area (Å²) in [4.78, 5) is 2.41. The Balaban J connectivity index is 1.71. The van der Waals surface area contributed by atoms with Gasteiger partial charge < -0.3 is 9.47 Å². The van der Waals surface area contributed by atoms with Gasteiger partial charge in [-0.2, -0.15) is 0 Å². The van der Waals surface area contributed by atoms with Gasteiger partial charge >= 0.3 is 0 Å². The van der Waals surface area contributed by atoms with E-state index in [0.717, 1.165) is 30.8 Å². The van der Waals surface area contributed by atoms with E-state index in [4.69, 9.17) is 9.47 Å². The smallest absolute Gasteiger partial charge is 0.124 e. The van der Waals surface area contributed by atoms with Crippen molar-refractivity contribution in [2.75, 3.05) is 20.8 Å². The van der Waals surface area contributed by atoms with Gasteiger partial charge in [-0.05, 0) is 41.8 Å². The van der Waals surface area contributed by atoms with Crippen molar-refractivity contribution in [2.24, 2.45) is 0 Å². The summed E-state index contributed by atoms with van der Waals surface area (Å²) in [6.45, 7) is 2.48. The van der Waals surface area contributed by atoms with Gasteiger partial charge in [0.2, 0.25) is 0 Å². The largest absolute Gasteiger partial charge is 0.496 e. The maximum Gasteiger partial charge on any atom is 0.124 e. The summed E-state index contributed by atoms with van der Waals surface area (Å²) >= 11 is 0. The van der Waals surface area contributed by atoms with Crippen molar-refractivity contribution in [1.82, 2.24) is 4.90 Å². The van der Waals surface area contributed by atoms with E-state index in [9.17, 15) is 4.39 Å². The molecule has 23 heavy (non-hydrogen) atoms. The molecule has 1 atom stereocenters. The molecule has 0 spiro atoms. The molecule has 122 valence electrons. The van der Waals surface area contributed by atoms with Crippen molar-refractivity contribution in [3.63, 3.8) is 0 Å². The first-order valence-electron chi connectivity index (χ1n) is 7.85. The molecule has 0 aliphatic carbocycles. The van der Waals surface area contributed by atoms with E-state index in [1.807, 2.05) is 18.2 Å². The fourth-order valence-corrected chi connectivity index (χ4v) is 3.13. The highest BCUT2D eigenvalue weighted by molar-refractivity contribution is 5.37. The maximum atomic E-state index is 13.1. The first-order valence-corrected chi connectivity index (χ1v) is 7.85. The molecule has 1 aliphatic heterocycles. The predicted molar refractivity (Wildman–Crippen MR) is 87.9 cm³/mol. The van der Waals surface area contributed by atoms with Crippen LogP contribution in [0.5, 0.6) is 5.75 Å². The average molecular weight is 315 g/mol. The number of likely N-dealkylation sites (tertiary alicyclic amines) is 1. The molecule has 0 aromatic heterocycles. The van der Waals surface area contributed by atoms with Crippen LogP contribution in [0.1, 0.15) is 29.2 Å². The highest BCUT2D eigenvalue weighted by Gasteiger charge is 2.29. The van der Waals surface area contributed by atoms with Crippen LogP contribution in [0.25, 0.3) is 0 Å². The summed E-state index contributed by atoms with van der Waals surface area (Å²) in [6.07, 6.45) is 1.12. The minimum atomic E-state index is -0.181. The van der Waals surface area contributed by atoms with Crippen molar-refractivity contribution in [3.8, 4) is 5.75 Å². The second-order valence-corrected chi connectivity index (χ2v) is 5.91. The summed E-state index contributed by atoms with van der Waals surface area (Å²) in [5.74, 6) is 0.674. The van der Waals surface area contributed by atoms with Crippen molar-refractivity contribution in [1.29, 1.82) is 0 Å². The predicted octanol–water partition coefficient (Wildman–Crippen LogP) is 3.93. The molecule has 4 heteroatoms. The molecule has 1 aliphatic rings. The molecule has 3 rings (SSSR count). The molecule has 0 radical (unpaired) electrons. The van der Waals surface area contributed by atoms with Gasteiger partial charge in [-0.15, -0.1) is 0 Å². The number of rotatable bonds is 6. The van der Waals surface area contributed by atoms with Gasteiger partial charge in [0.05, 0.1) is 13.7 Å². The number of methoxy groups -OCH3 is 2. The molecule has 1 saturated heterocycles. The van der Waals surface area contributed by atoms with Gasteiger partial charge in [0.1, 0.15) is 11.6 Å². The first-order chi connectivity index (χ1) is 11.2. The zero-order valence-corrected chi connectivity index (χ0v) is 13.6. The van der Waals surface area contributed by atoms with Crippen molar-refractivity contribution in [3.05, 3.63) is 65.0 Å². The Morgan fingerprint density at radius 2 is 1.91 bits per heavy atom.